The maximum atomic E-state index is 13.9. The molecule has 0 saturated heterocycles. The van der Waals surface area contributed by atoms with Crippen LogP contribution in [0.15, 0.2) is 30.3 Å². The first-order chi connectivity index (χ1) is 10.5. The van der Waals surface area contributed by atoms with Crippen molar-refractivity contribution in [3.8, 4) is 17.6 Å². The van der Waals surface area contributed by atoms with Crippen LogP contribution >= 0.6 is 0 Å². The molecule has 0 saturated carbocycles. The van der Waals surface area contributed by atoms with Gasteiger partial charge < -0.3 is 4.74 Å². The molecule has 0 atom stereocenters. The Morgan fingerprint density at radius 1 is 1.00 bits per heavy atom. The molecule has 6 heteroatoms. The third-order valence-electron chi connectivity index (χ3n) is 2.81. The van der Waals surface area contributed by atoms with Gasteiger partial charge in [-0.1, -0.05) is 24.3 Å². The van der Waals surface area contributed by atoms with Gasteiger partial charge in [0.1, 0.15) is 11.8 Å². The molecule has 2 rings (SSSR count). The lowest BCUT2D eigenvalue weighted by molar-refractivity contribution is 0.364. The van der Waals surface area contributed by atoms with E-state index >= 15 is 0 Å². The molecular weight excluding hydrogens is 298 g/mol. The van der Waals surface area contributed by atoms with Crippen LogP contribution in [-0.4, -0.2) is 0 Å². The highest BCUT2D eigenvalue weighted by atomic mass is 19.2. The fourth-order valence-electron chi connectivity index (χ4n) is 1.79. The van der Waals surface area contributed by atoms with E-state index in [4.69, 9.17) is 10.00 Å². The number of hydrogen-bond acceptors (Lipinski definition) is 2. The zero-order valence-corrected chi connectivity index (χ0v) is 11.3. The van der Waals surface area contributed by atoms with Crippen molar-refractivity contribution in [2.75, 3.05) is 0 Å². The zero-order valence-electron chi connectivity index (χ0n) is 11.3. The lowest BCUT2D eigenvalue weighted by Crippen LogP contribution is -2.04. The molecule has 0 heterocycles. The summed E-state index contributed by atoms with van der Waals surface area (Å²) < 4.78 is 60.3. The van der Waals surface area contributed by atoms with Crippen LogP contribution in [0.2, 0.25) is 0 Å². The van der Waals surface area contributed by atoms with Crippen molar-refractivity contribution in [2.24, 2.45) is 0 Å². The minimum absolute atomic E-state index is 0.0281. The third kappa shape index (κ3) is 2.66. The van der Waals surface area contributed by atoms with Crippen LogP contribution in [0.25, 0.3) is 6.08 Å². The molecule has 0 aliphatic carbocycles. The second-order valence-electron chi connectivity index (χ2n) is 4.21. The summed E-state index contributed by atoms with van der Waals surface area (Å²) in [6.45, 7) is 1.45. The Labute approximate surface area is 123 Å². The molecule has 0 radical (unpaired) electrons. The molecule has 2 aromatic carbocycles. The van der Waals surface area contributed by atoms with Crippen molar-refractivity contribution >= 4 is 6.08 Å². The summed E-state index contributed by atoms with van der Waals surface area (Å²) in [7, 11) is 0. The summed E-state index contributed by atoms with van der Waals surface area (Å²) in [6.07, 6.45) is 2.15. The van der Waals surface area contributed by atoms with Crippen molar-refractivity contribution in [3.63, 3.8) is 0 Å². The number of benzene rings is 2. The molecule has 2 aromatic rings. The SMILES string of the molecule is C/C=C/c1c(F)c(F)c(Oc2ccccc2C#N)c(F)c1F. The quantitative estimate of drug-likeness (QED) is 0.594. The third-order valence-corrected chi connectivity index (χ3v) is 2.81. The molecule has 22 heavy (non-hydrogen) atoms. The molecule has 0 aliphatic heterocycles. The molecule has 0 N–H and O–H groups in total. The number of nitrogens with zero attached hydrogens (tertiary/aromatic N) is 1. The number of rotatable bonds is 3. The van der Waals surface area contributed by atoms with E-state index in [2.05, 4.69) is 0 Å². The second kappa shape index (κ2) is 6.31. The number of halogens is 4. The summed E-state index contributed by atoms with van der Waals surface area (Å²) in [6, 6.07) is 7.30. The molecule has 0 amide bonds. The van der Waals surface area contributed by atoms with Gasteiger partial charge in [0.15, 0.2) is 11.6 Å². The van der Waals surface area contributed by atoms with Crippen LogP contribution in [0.1, 0.15) is 18.1 Å². The van der Waals surface area contributed by atoms with Gasteiger partial charge in [0.05, 0.1) is 11.1 Å². The summed E-state index contributed by atoms with van der Waals surface area (Å²) in [5, 5.41) is 8.88. The fraction of sp³-hybridized carbons (Fsp3) is 0.0625. The van der Waals surface area contributed by atoms with Gasteiger partial charge in [-0.3, -0.25) is 0 Å². The molecule has 0 fully saturated rings. The highest BCUT2D eigenvalue weighted by Crippen LogP contribution is 2.34. The Kier molecular flexibility index (Phi) is 4.47. The first-order valence-electron chi connectivity index (χ1n) is 6.16. The van der Waals surface area contributed by atoms with Gasteiger partial charge >= 0.3 is 0 Å². The fourth-order valence-corrected chi connectivity index (χ4v) is 1.79. The number of ether oxygens (including phenoxy) is 1. The monoisotopic (exact) mass is 307 g/mol. The predicted molar refractivity (Wildman–Crippen MR) is 72.2 cm³/mol. The maximum absolute atomic E-state index is 13.9. The highest BCUT2D eigenvalue weighted by Gasteiger charge is 2.26. The molecule has 112 valence electrons. The lowest BCUT2D eigenvalue weighted by atomic mass is 10.1. The van der Waals surface area contributed by atoms with Crippen molar-refractivity contribution in [1.29, 1.82) is 5.26 Å². The lowest BCUT2D eigenvalue weighted by Gasteiger charge is -2.12. The van der Waals surface area contributed by atoms with Crippen LogP contribution < -0.4 is 4.74 Å². The molecular formula is C16H9F4NO. The standard InChI is InChI=1S/C16H9F4NO/c1-2-5-10-12(17)14(19)16(15(20)13(10)18)22-11-7-4-3-6-9(11)8-21/h2-7H,1H3/b5-2+. The van der Waals surface area contributed by atoms with Crippen LogP contribution in [0, 0.1) is 34.6 Å². The minimum atomic E-state index is -1.67. The summed E-state index contributed by atoms with van der Waals surface area (Å²) in [5.74, 6) is -7.91. The number of allylic oxidation sites excluding steroid dienone is 1. The second-order valence-corrected chi connectivity index (χ2v) is 4.21. The minimum Gasteiger partial charge on any atom is -0.450 e. The van der Waals surface area contributed by atoms with Crippen molar-refractivity contribution < 1.29 is 22.3 Å². The smallest absolute Gasteiger partial charge is 0.205 e. The highest BCUT2D eigenvalue weighted by molar-refractivity contribution is 5.54. The van der Waals surface area contributed by atoms with E-state index in [1.807, 2.05) is 0 Å². The average molecular weight is 307 g/mol. The molecule has 0 aromatic heterocycles. The Balaban J connectivity index is 2.60. The Morgan fingerprint density at radius 2 is 1.59 bits per heavy atom. The van der Waals surface area contributed by atoms with Gasteiger partial charge in [-0.25, -0.2) is 8.78 Å². The zero-order chi connectivity index (χ0) is 16.3. The van der Waals surface area contributed by atoms with Gasteiger partial charge in [0, 0.05) is 0 Å². The summed E-state index contributed by atoms with van der Waals surface area (Å²) in [5.41, 5.74) is -0.863. The Hall–Kier alpha value is -2.81. The van der Waals surface area contributed by atoms with Crippen LogP contribution in [-0.2, 0) is 0 Å². The maximum Gasteiger partial charge on any atom is 0.205 e. The van der Waals surface area contributed by atoms with E-state index in [0.717, 1.165) is 6.08 Å². The van der Waals surface area contributed by atoms with Gasteiger partial charge in [-0.15, -0.1) is 0 Å². The normalized spacial score (nSPS) is 10.7. The van der Waals surface area contributed by atoms with Crippen molar-refractivity contribution in [1.82, 2.24) is 0 Å². The van der Waals surface area contributed by atoms with Gasteiger partial charge in [0.25, 0.3) is 0 Å². The summed E-state index contributed by atoms with van der Waals surface area (Å²) >= 11 is 0. The molecule has 0 bridgehead atoms. The molecule has 0 unspecified atom stereocenters. The van der Waals surface area contributed by atoms with Gasteiger partial charge in [0.2, 0.25) is 17.4 Å². The largest absolute Gasteiger partial charge is 0.450 e. The first kappa shape index (κ1) is 15.6. The van der Waals surface area contributed by atoms with E-state index in [9.17, 15) is 17.6 Å². The van der Waals surface area contributed by atoms with Gasteiger partial charge in [-0.05, 0) is 19.1 Å². The first-order valence-corrected chi connectivity index (χ1v) is 6.16. The summed E-state index contributed by atoms with van der Waals surface area (Å²) in [4.78, 5) is 0. The molecule has 0 aliphatic rings. The van der Waals surface area contributed by atoms with Crippen LogP contribution in [0.4, 0.5) is 17.6 Å². The van der Waals surface area contributed by atoms with Crippen molar-refractivity contribution in [3.05, 3.63) is 64.7 Å². The van der Waals surface area contributed by atoms with Crippen LogP contribution in [0.5, 0.6) is 11.5 Å². The average Bonchev–Trinajstić information content (AvgIpc) is 2.54. The molecule has 0 spiro atoms. The Bertz CT molecular complexity index is 764. The van der Waals surface area contributed by atoms with Crippen molar-refractivity contribution in [2.45, 2.75) is 6.92 Å². The van der Waals surface area contributed by atoms with E-state index < -0.39 is 34.6 Å². The number of para-hydroxylation sites is 1. The topological polar surface area (TPSA) is 33.0 Å². The number of hydrogen-bond donors (Lipinski definition) is 0. The number of nitriles is 1. The van der Waals surface area contributed by atoms with Crippen LogP contribution in [0.3, 0.4) is 0 Å². The molecule has 2 nitrogen and oxygen atoms in total. The van der Waals surface area contributed by atoms with E-state index in [1.54, 1.807) is 6.07 Å². The van der Waals surface area contributed by atoms with E-state index in [-0.39, 0.29) is 11.3 Å². The predicted octanol–water partition coefficient (Wildman–Crippen LogP) is 4.94. The van der Waals surface area contributed by atoms with Gasteiger partial charge in [-0.2, -0.15) is 14.0 Å². The van der Waals surface area contributed by atoms with E-state index in [1.165, 1.54) is 37.3 Å². The van der Waals surface area contributed by atoms with E-state index in [0.29, 0.717) is 0 Å². The Morgan fingerprint density at radius 3 is 2.14 bits per heavy atom.